The number of rotatable bonds is 17. The minimum Gasteiger partial charge on any atom is -0.497 e. The quantitative estimate of drug-likeness (QED) is 0.211. The first-order valence-electron chi connectivity index (χ1n) is 11.9. The van der Waals surface area contributed by atoms with Crippen LogP contribution in [0.2, 0.25) is 0 Å². The van der Waals surface area contributed by atoms with Crippen molar-refractivity contribution < 1.29 is 28.6 Å². The molecule has 0 saturated carbocycles. The average molecular weight is 447 g/mol. The zero-order valence-corrected chi connectivity index (χ0v) is 19.9. The third-order valence-electron chi connectivity index (χ3n) is 6.04. The standard InChI is InChI=1S/C26H38O6/c1-19(27)15-16-20(28)13-11-9-7-5-4-6-8-10-12-14-23-22-17-21(30-2)18-24(31-3)25(22)26(29)32-23/h17-18,23H,4-16H2,1-3H3/t23-/m1/s1. The topological polar surface area (TPSA) is 78.9 Å². The Hall–Kier alpha value is -2.37. The van der Waals surface area contributed by atoms with Gasteiger partial charge in [-0.05, 0) is 32.3 Å². The van der Waals surface area contributed by atoms with Gasteiger partial charge in [-0.1, -0.05) is 44.9 Å². The van der Waals surface area contributed by atoms with Gasteiger partial charge in [-0.15, -0.1) is 0 Å². The number of esters is 1. The van der Waals surface area contributed by atoms with Crippen LogP contribution in [0.1, 0.15) is 112 Å². The first-order valence-corrected chi connectivity index (χ1v) is 11.9. The number of fused-ring (bicyclic) bond motifs is 1. The van der Waals surface area contributed by atoms with Gasteiger partial charge in [0.15, 0.2) is 0 Å². The van der Waals surface area contributed by atoms with Gasteiger partial charge in [0, 0.05) is 30.9 Å². The molecular formula is C26H38O6. The molecule has 0 unspecified atom stereocenters. The highest BCUT2D eigenvalue weighted by molar-refractivity contribution is 5.97. The summed E-state index contributed by atoms with van der Waals surface area (Å²) in [4.78, 5) is 34.8. The molecule has 1 aromatic rings. The number of unbranched alkanes of at least 4 members (excludes halogenated alkanes) is 8. The normalized spacial score (nSPS) is 14.7. The monoisotopic (exact) mass is 446 g/mol. The van der Waals surface area contributed by atoms with Crippen molar-refractivity contribution >= 4 is 17.5 Å². The summed E-state index contributed by atoms with van der Waals surface area (Å²) in [7, 11) is 3.15. The van der Waals surface area contributed by atoms with E-state index in [9.17, 15) is 14.4 Å². The Morgan fingerprint density at radius 2 is 1.47 bits per heavy atom. The summed E-state index contributed by atoms with van der Waals surface area (Å²) in [6.07, 6.45) is 12.1. The van der Waals surface area contributed by atoms with Crippen LogP contribution < -0.4 is 9.47 Å². The van der Waals surface area contributed by atoms with Crippen LogP contribution in [-0.2, 0) is 14.3 Å². The fraction of sp³-hybridized carbons (Fsp3) is 0.654. The Balaban J connectivity index is 1.54. The van der Waals surface area contributed by atoms with Gasteiger partial charge in [0.1, 0.15) is 34.7 Å². The smallest absolute Gasteiger partial charge is 0.342 e. The van der Waals surface area contributed by atoms with E-state index < -0.39 is 0 Å². The van der Waals surface area contributed by atoms with Gasteiger partial charge in [0.2, 0.25) is 0 Å². The molecule has 0 fully saturated rings. The van der Waals surface area contributed by atoms with Crippen molar-refractivity contribution in [2.45, 2.75) is 96.5 Å². The molecule has 1 aliphatic rings. The van der Waals surface area contributed by atoms with Gasteiger partial charge < -0.3 is 19.0 Å². The van der Waals surface area contributed by atoms with Crippen LogP contribution in [0.3, 0.4) is 0 Å². The SMILES string of the molecule is COc1cc(OC)c2c(c1)[C@@H](CCCCCCCCCCCC(=O)CCC(C)=O)OC2=O. The molecule has 0 radical (unpaired) electrons. The molecule has 2 rings (SSSR count). The van der Waals surface area contributed by atoms with E-state index >= 15 is 0 Å². The summed E-state index contributed by atoms with van der Waals surface area (Å²) in [6.45, 7) is 1.53. The van der Waals surface area contributed by atoms with Crippen LogP contribution in [-0.4, -0.2) is 31.8 Å². The zero-order valence-electron chi connectivity index (χ0n) is 19.9. The van der Waals surface area contributed by atoms with Crippen LogP contribution in [0.5, 0.6) is 11.5 Å². The van der Waals surface area contributed by atoms with Gasteiger partial charge in [-0.25, -0.2) is 4.79 Å². The molecule has 1 atom stereocenters. The van der Waals surface area contributed by atoms with Crippen molar-refractivity contribution in [1.82, 2.24) is 0 Å². The molecule has 178 valence electrons. The molecular weight excluding hydrogens is 408 g/mol. The van der Waals surface area contributed by atoms with Crippen molar-refractivity contribution in [3.63, 3.8) is 0 Å². The fourth-order valence-electron chi connectivity index (χ4n) is 4.16. The first-order chi connectivity index (χ1) is 15.5. The molecule has 6 nitrogen and oxygen atoms in total. The molecule has 0 bridgehead atoms. The van der Waals surface area contributed by atoms with Crippen molar-refractivity contribution in [2.24, 2.45) is 0 Å². The highest BCUT2D eigenvalue weighted by atomic mass is 16.6. The highest BCUT2D eigenvalue weighted by Crippen LogP contribution is 2.41. The molecule has 32 heavy (non-hydrogen) atoms. The van der Waals surface area contributed by atoms with E-state index in [0.717, 1.165) is 37.7 Å². The van der Waals surface area contributed by atoms with E-state index in [2.05, 4.69) is 0 Å². The number of methoxy groups -OCH3 is 2. The summed E-state index contributed by atoms with van der Waals surface area (Å²) < 4.78 is 16.3. The third kappa shape index (κ3) is 8.29. The molecule has 1 heterocycles. The second-order valence-corrected chi connectivity index (χ2v) is 8.65. The molecule has 0 spiro atoms. The molecule has 0 aromatic heterocycles. The van der Waals surface area contributed by atoms with Crippen molar-refractivity contribution in [3.05, 3.63) is 23.3 Å². The van der Waals surface area contributed by atoms with Gasteiger partial charge in [-0.2, -0.15) is 0 Å². The Morgan fingerprint density at radius 1 is 0.844 bits per heavy atom. The Kier molecular flexibility index (Phi) is 11.3. The summed E-state index contributed by atoms with van der Waals surface area (Å²) in [5.41, 5.74) is 1.39. The number of carbonyl (C=O) groups excluding carboxylic acids is 3. The lowest BCUT2D eigenvalue weighted by Crippen LogP contribution is -2.01. The second kappa shape index (κ2) is 13.9. The van der Waals surface area contributed by atoms with E-state index in [1.54, 1.807) is 20.3 Å². The summed E-state index contributed by atoms with van der Waals surface area (Å²) in [6, 6.07) is 3.60. The van der Waals surface area contributed by atoms with Gasteiger partial charge in [0.25, 0.3) is 0 Å². The van der Waals surface area contributed by atoms with Crippen LogP contribution in [0, 0.1) is 0 Å². The molecule has 6 heteroatoms. The van der Waals surface area contributed by atoms with Crippen LogP contribution >= 0.6 is 0 Å². The minimum absolute atomic E-state index is 0.0906. The van der Waals surface area contributed by atoms with E-state index in [0.29, 0.717) is 36.3 Å². The summed E-state index contributed by atoms with van der Waals surface area (Å²) >= 11 is 0. The summed E-state index contributed by atoms with van der Waals surface area (Å²) in [5.74, 6) is 1.17. The van der Waals surface area contributed by atoms with E-state index in [1.165, 1.54) is 39.0 Å². The molecule has 0 saturated heterocycles. The number of Topliss-reactive ketones (excluding diaryl/α,β-unsaturated/α-hetero) is 2. The maximum Gasteiger partial charge on any atom is 0.342 e. The first kappa shape index (κ1) is 25.9. The predicted octanol–water partition coefficient (Wildman–Crippen LogP) is 6.14. The number of carbonyl (C=O) groups is 3. The third-order valence-corrected chi connectivity index (χ3v) is 6.04. The van der Waals surface area contributed by atoms with Crippen molar-refractivity contribution in [3.8, 4) is 11.5 Å². The van der Waals surface area contributed by atoms with Crippen LogP contribution in [0.25, 0.3) is 0 Å². The lowest BCUT2D eigenvalue weighted by molar-refractivity contribution is -0.123. The van der Waals surface area contributed by atoms with E-state index in [4.69, 9.17) is 14.2 Å². The maximum atomic E-state index is 12.3. The number of hydrogen-bond acceptors (Lipinski definition) is 6. The number of ether oxygens (including phenoxy) is 3. The van der Waals surface area contributed by atoms with Gasteiger partial charge in [-0.3, -0.25) is 4.79 Å². The van der Waals surface area contributed by atoms with E-state index in [-0.39, 0.29) is 23.6 Å². The lowest BCUT2D eigenvalue weighted by Gasteiger charge is -2.12. The number of hydrogen-bond donors (Lipinski definition) is 0. The zero-order chi connectivity index (χ0) is 23.3. The largest absolute Gasteiger partial charge is 0.497 e. The van der Waals surface area contributed by atoms with Gasteiger partial charge in [0.05, 0.1) is 14.2 Å². The molecule has 0 aliphatic carbocycles. The van der Waals surface area contributed by atoms with Gasteiger partial charge >= 0.3 is 5.97 Å². The maximum absolute atomic E-state index is 12.3. The van der Waals surface area contributed by atoms with Crippen molar-refractivity contribution in [2.75, 3.05) is 14.2 Å². The fourth-order valence-corrected chi connectivity index (χ4v) is 4.16. The number of cyclic esters (lactones) is 1. The Labute approximate surface area is 192 Å². The summed E-state index contributed by atoms with van der Waals surface area (Å²) in [5, 5.41) is 0. The highest BCUT2D eigenvalue weighted by Gasteiger charge is 2.34. The lowest BCUT2D eigenvalue weighted by atomic mass is 9.98. The number of benzene rings is 1. The molecule has 1 aromatic carbocycles. The molecule has 1 aliphatic heterocycles. The Bertz CT molecular complexity index is 770. The van der Waals surface area contributed by atoms with E-state index in [1.807, 2.05) is 6.07 Å². The predicted molar refractivity (Wildman–Crippen MR) is 123 cm³/mol. The molecule has 0 amide bonds. The van der Waals surface area contributed by atoms with Crippen LogP contribution in [0.15, 0.2) is 12.1 Å². The minimum atomic E-state index is -0.315. The number of ketones is 2. The average Bonchev–Trinajstić information content (AvgIpc) is 3.10. The van der Waals surface area contributed by atoms with Crippen LogP contribution in [0.4, 0.5) is 0 Å². The Morgan fingerprint density at radius 3 is 2.06 bits per heavy atom. The molecule has 0 N–H and O–H groups in total. The van der Waals surface area contributed by atoms with Crippen molar-refractivity contribution in [1.29, 1.82) is 0 Å². The second-order valence-electron chi connectivity index (χ2n) is 8.65.